The smallest absolute Gasteiger partial charge is 0.326 e. The highest BCUT2D eigenvalue weighted by atomic mass is 32.2. The second-order valence-electron chi connectivity index (χ2n) is 5.95. The Hall–Kier alpha value is -2.23. The van der Waals surface area contributed by atoms with Gasteiger partial charge in [-0.15, -0.1) is 11.3 Å². The van der Waals surface area contributed by atoms with Crippen LogP contribution in [0.5, 0.6) is 0 Å². The first-order valence-electron chi connectivity index (χ1n) is 8.02. The van der Waals surface area contributed by atoms with Crippen molar-refractivity contribution in [2.45, 2.75) is 34.5 Å². The molecular formula is C17H18N2O5S2. The van der Waals surface area contributed by atoms with E-state index < -0.39 is 27.8 Å². The standard InChI is InChI=1S/C17H18N2O5S2/c18-10-12-6-7-15(25-12)26(23,24)13-4-1-3-11(9-13)16(20)19-8-2-5-14(19)17(21)22/h1,3-4,6-7,9,14H,2,5,8,10,18H2,(H,21,22). The van der Waals surface area contributed by atoms with E-state index in [1.807, 2.05) is 0 Å². The van der Waals surface area contributed by atoms with E-state index in [4.69, 9.17) is 5.73 Å². The van der Waals surface area contributed by atoms with Crippen LogP contribution in [-0.4, -0.2) is 42.9 Å². The van der Waals surface area contributed by atoms with Crippen molar-refractivity contribution in [2.75, 3.05) is 6.54 Å². The third-order valence-electron chi connectivity index (χ3n) is 4.29. The Balaban J connectivity index is 1.93. The lowest BCUT2D eigenvalue weighted by atomic mass is 10.1. The van der Waals surface area contributed by atoms with Gasteiger partial charge >= 0.3 is 5.97 Å². The monoisotopic (exact) mass is 394 g/mol. The van der Waals surface area contributed by atoms with Gasteiger partial charge in [0.15, 0.2) is 0 Å². The molecule has 1 aromatic heterocycles. The molecule has 2 heterocycles. The summed E-state index contributed by atoms with van der Waals surface area (Å²) >= 11 is 1.09. The number of sulfone groups is 1. The zero-order chi connectivity index (χ0) is 18.9. The molecule has 2 aromatic rings. The van der Waals surface area contributed by atoms with E-state index >= 15 is 0 Å². The number of nitrogens with zero attached hydrogens (tertiary/aromatic N) is 1. The third-order valence-corrected chi connectivity index (χ3v) is 7.64. The Morgan fingerprint density at radius 1 is 1.27 bits per heavy atom. The minimum atomic E-state index is -3.76. The van der Waals surface area contributed by atoms with Crippen molar-refractivity contribution in [1.29, 1.82) is 0 Å². The Morgan fingerprint density at radius 2 is 2.04 bits per heavy atom. The average molecular weight is 394 g/mol. The molecule has 1 saturated heterocycles. The maximum Gasteiger partial charge on any atom is 0.326 e. The maximum absolute atomic E-state index is 12.8. The summed E-state index contributed by atoms with van der Waals surface area (Å²) in [7, 11) is -3.76. The SMILES string of the molecule is NCc1ccc(S(=O)(=O)c2cccc(C(=O)N3CCCC3C(=O)O)c2)s1. The molecule has 3 N–H and O–H groups in total. The lowest BCUT2D eigenvalue weighted by molar-refractivity contribution is -0.141. The van der Waals surface area contributed by atoms with Crippen LogP contribution in [-0.2, 0) is 21.2 Å². The molecule has 0 aliphatic carbocycles. The van der Waals surface area contributed by atoms with Gasteiger partial charge in [0.1, 0.15) is 10.3 Å². The number of thiophene rings is 1. The molecule has 1 aliphatic rings. The summed E-state index contributed by atoms with van der Waals surface area (Å²) in [4.78, 5) is 26.0. The number of hydrogen-bond acceptors (Lipinski definition) is 6. The lowest BCUT2D eigenvalue weighted by Crippen LogP contribution is -2.40. The lowest BCUT2D eigenvalue weighted by Gasteiger charge is -2.21. The molecule has 0 spiro atoms. The molecule has 1 aliphatic heterocycles. The molecule has 7 nitrogen and oxygen atoms in total. The molecule has 1 amide bonds. The van der Waals surface area contributed by atoms with Crippen LogP contribution in [0.15, 0.2) is 45.5 Å². The van der Waals surface area contributed by atoms with Gasteiger partial charge in [0.25, 0.3) is 5.91 Å². The quantitative estimate of drug-likeness (QED) is 0.797. The van der Waals surface area contributed by atoms with Crippen molar-refractivity contribution in [3.63, 3.8) is 0 Å². The molecule has 3 rings (SSSR count). The van der Waals surface area contributed by atoms with E-state index in [1.165, 1.54) is 35.2 Å². The van der Waals surface area contributed by atoms with E-state index in [1.54, 1.807) is 6.07 Å². The molecule has 0 radical (unpaired) electrons. The molecule has 1 unspecified atom stereocenters. The average Bonchev–Trinajstić information content (AvgIpc) is 3.30. The number of nitrogens with two attached hydrogens (primary N) is 1. The van der Waals surface area contributed by atoms with Gasteiger partial charge in [0.05, 0.1) is 4.90 Å². The van der Waals surface area contributed by atoms with E-state index in [9.17, 15) is 23.1 Å². The number of likely N-dealkylation sites (tertiary alicyclic amines) is 1. The number of aliphatic carboxylic acids is 1. The summed E-state index contributed by atoms with van der Waals surface area (Å²) in [6.07, 6.45) is 1.01. The summed E-state index contributed by atoms with van der Waals surface area (Å²) < 4.78 is 25.7. The number of carboxylic acids is 1. The van der Waals surface area contributed by atoms with E-state index in [-0.39, 0.29) is 21.2 Å². The summed E-state index contributed by atoms with van der Waals surface area (Å²) in [5.41, 5.74) is 5.70. The fourth-order valence-corrected chi connectivity index (χ4v) is 5.64. The van der Waals surface area contributed by atoms with Gasteiger partial charge in [-0.1, -0.05) is 6.07 Å². The van der Waals surface area contributed by atoms with Gasteiger partial charge in [-0.3, -0.25) is 4.79 Å². The van der Waals surface area contributed by atoms with Crippen LogP contribution in [0.25, 0.3) is 0 Å². The van der Waals surface area contributed by atoms with Crippen LogP contribution < -0.4 is 5.73 Å². The van der Waals surface area contributed by atoms with Crippen molar-refractivity contribution >= 4 is 33.1 Å². The van der Waals surface area contributed by atoms with Gasteiger partial charge in [-0.05, 0) is 43.2 Å². The van der Waals surface area contributed by atoms with E-state index in [0.29, 0.717) is 19.4 Å². The largest absolute Gasteiger partial charge is 0.480 e. The van der Waals surface area contributed by atoms with E-state index in [2.05, 4.69) is 0 Å². The number of rotatable bonds is 5. The molecule has 138 valence electrons. The zero-order valence-electron chi connectivity index (χ0n) is 13.8. The van der Waals surface area contributed by atoms with Crippen molar-refractivity contribution < 1.29 is 23.1 Å². The molecule has 26 heavy (non-hydrogen) atoms. The van der Waals surface area contributed by atoms with Crippen LogP contribution in [0.3, 0.4) is 0 Å². The Bertz CT molecular complexity index is 952. The summed E-state index contributed by atoms with van der Waals surface area (Å²) in [5, 5.41) is 9.24. The highest BCUT2D eigenvalue weighted by Gasteiger charge is 2.34. The van der Waals surface area contributed by atoms with Gasteiger partial charge < -0.3 is 15.7 Å². The van der Waals surface area contributed by atoms with Crippen LogP contribution >= 0.6 is 11.3 Å². The van der Waals surface area contributed by atoms with Crippen molar-refractivity contribution in [2.24, 2.45) is 5.73 Å². The minimum Gasteiger partial charge on any atom is -0.480 e. The summed E-state index contributed by atoms with van der Waals surface area (Å²) in [6, 6.07) is 8.00. The van der Waals surface area contributed by atoms with Crippen molar-refractivity contribution in [3.8, 4) is 0 Å². The predicted molar refractivity (Wildman–Crippen MR) is 95.8 cm³/mol. The predicted octanol–water partition coefficient (Wildman–Crippen LogP) is 1.73. The molecule has 1 fully saturated rings. The number of amides is 1. The second kappa shape index (κ2) is 7.18. The normalized spacial score (nSPS) is 17.4. The number of carbonyl (C=O) groups is 2. The highest BCUT2D eigenvalue weighted by Crippen LogP contribution is 2.29. The van der Waals surface area contributed by atoms with Crippen LogP contribution in [0.4, 0.5) is 0 Å². The van der Waals surface area contributed by atoms with Crippen molar-refractivity contribution in [3.05, 3.63) is 46.8 Å². The topological polar surface area (TPSA) is 118 Å². The molecule has 9 heteroatoms. The fourth-order valence-electron chi connectivity index (χ4n) is 2.96. The van der Waals surface area contributed by atoms with Gasteiger partial charge in [-0.25, -0.2) is 13.2 Å². The first-order chi connectivity index (χ1) is 12.3. The summed E-state index contributed by atoms with van der Waals surface area (Å²) in [6.45, 7) is 0.599. The van der Waals surface area contributed by atoms with Gasteiger partial charge in [0.2, 0.25) is 9.84 Å². The Morgan fingerprint density at radius 3 is 2.69 bits per heavy atom. The first kappa shape index (κ1) is 18.6. The Labute approximate surface area is 155 Å². The van der Waals surface area contributed by atoms with Crippen LogP contribution in [0.1, 0.15) is 28.1 Å². The molecular weight excluding hydrogens is 376 g/mol. The van der Waals surface area contributed by atoms with Crippen LogP contribution in [0, 0.1) is 0 Å². The van der Waals surface area contributed by atoms with Crippen LogP contribution in [0.2, 0.25) is 0 Å². The number of carbonyl (C=O) groups excluding carboxylic acids is 1. The van der Waals surface area contributed by atoms with Gasteiger partial charge in [-0.2, -0.15) is 0 Å². The number of hydrogen-bond donors (Lipinski definition) is 2. The number of carboxylic acid groups (broad SMARTS) is 1. The second-order valence-corrected chi connectivity index (χ2v) is 9.30. The van der Waals surface area contributed by atoms with Gasteiger partial charge in [0, 0.05) is 23.5 Å². The van der Waals surface area contributed by atoms with E-state index in [0.717, 1.165) is 16.2 Å². The Kier molecular flexibility index (Phi) is 5.12. The number of benzene rings is 1. The highest BCUT2D eigenvalue weighted by molar-refractivity contribution is 7.93. The third kappa shape index (κ3) is 3.37. The van der Waals surface area contributed by atoms with Crippen molar-refractivity contribution in [1.82, 2.24) is 4.90 Å². The first-order valence-corrected chi connectivity index (χ1v) is 10.3. The summed E-state index contributed by atoms with van der Waals surface area (Å²) in [5.74, 6) is -1.52. The molecule has 1 aromatic carbocycles. The molecule has 0 saturated carbocycles. The molecule has 0 bridgehead atoms. The minimum absolute atomic E-state index is 0.000145. The zero-order valence-corrected chi connectivity index (χ0v) is 15.4. The fraction of sp³-hybridized carbons (Fsp3) is 0.294. The maximum atomic E-state index is 12.8. The molecule has 1 atom stereocenters.